The predicted molar refractivity (Wildman–Crippen MR) is 110 cm³/mol. The number of hydrogen-bond acceptors (Lipinski definition) is 4. The summed E-state index contributed by atoms with van der Waals surface area (Å²) in [5, 5.41) is 17.1. The van der Waals surface area contributed by atoms with Crippen molar-refractivity contribution in [2.75, 3.05) is 11.9 Å². The molecule has 0 unspecified atom stereocenters. The fourth-order valence-corrected chi connectivity index (χ4v) is 3.21. The monoisotopic (exact) mass is 388 g/mol. The first kappa shape index (κ1) is 19.1. The lowest BCUT2D eigenvalue weighted by atomic mass is 10.00. The second-order valence-electron chi connectivity index (χ2n) is 5.77. The zero-order valence-electron chi connectivity index (χ0n) is 14.7. The van der Waals surface area contributed by atoms with E-state index < -0.39 is 12.1 Å². The maximum Gasteiger partial charge on any atom is 0.320 e. The number of amides is 2. The number of terminal acetylenes is 1. The molecular formula is C21H16N4O2S. The van der Waals surface area contributed by atoms with Gasteiger partial charge in [0.15, 0.2) is 10.7 Å². The minimum Gasteiger partial charge on any atom is -0.394 e. The number of rotatable bonds is 5. The van der Waals surface area contributed by atoms with Crippen LogP contribution in [0.15, 0.2) is 53.9 Å². The zero-order chi connectivity index (χ0) is 19.9. The van der Waals surface area contributed by atoms with Gasteiger partial charge in [0.2, 0.25) is 0 Å². The molecule has 0 saturated heterocycles. The van der Waals surface area contributed by atoms with Gasteiger partial charge < -0.3 is 10.4 Å². The number of carbonyl (C=O) groups is 1. The van der Waals surface area contributed by atoms with Crippen molar-refractivity contribution in [3.8, 4) is 23.5 Å². The minimum atomic E-state index is -0.587. The molecule has 3 aromatic rings. The lowest BCUT2D eigenvalue weighted by Crippen LogP contribution is -2.34. The van der Waals surface area contributed by atoms with Gasteiger partial charge in [0.25, 0.3) is 0 Å². The molecule has 1 heterocycles. The van der Waals surface area contributed by atoms with Crippen molar-refractivity contribution in [3.05, 3.63) is 75.9 Å². The molecule has 0 spiro atoms. The molecule has 7 heteroatoms. The van der Waals surface area contributed by atoms with Crippen LogP contribution in [0.25, 0.3) is 16.0 Å². The van der Waals surface area contributed by atoms with Crippen LogP contribution >= 0.6 is 11.3 Å². The summed E-state index contributed by atoms with van der Waals surface area (Å²) in [4.78, 5) is 19.8. The summed E-state index contributed by atoms with van der Waals surface area (Å²) < 4.78 is 0. The Morgan fingerprint density at radius 3 is 2.68 bits per heavy atom. The average molecular weight is 388 g/mol. The van der Waals surface area contributed by atoms with E-state index in [1.54, 1.807) is 11.4 Å². The van der Waals surface area contributed by atoms with E-state index in [0.717, 1.165) is 16.7 Å². The Labute approximate surface area is 166 Å². The topological polar surface area (TPSA) is 78.6 Å². The molecule has 1 aromatic heterocycles. The van der Waals surface area contributed by atoms with Gasteiger partial charge in [0.1, 0.15) is 5.82 Å². The van der Waals surface area contributed by atoms with Crippen molar-refractivity contribution in [2.24, 2.45) is 0 Å². The van der Waals surface area contributed by atoms with Gasteiger partial charge in [-0.25, -0.2) is 14.6 Å². The standard InChI is InChI=1S/C21H16N4O2S/c1-3-20-24-19(13-28-20)25-21(27)23-18(12-26)15-10-8-14(9-11-15)16-6-4-5-7-17(16)22-2/h1,4-11,13,18,26H,12H2,(H2,23,25,27)/t18-/m0/s1. The summed E-state index contributed by atoms with van der Waals surface area (Å²) in [6.45, 7) is 7.01. The third-order valence-electron chi connectivity index (χ3n) is 4.01. The number of para-hydroxylation sites is 1. The summed E-state index contributed by atoms with van der Waals surface area (Å²) in [5.74, 6) is 2.76. The van der Waals surface area contributed by atoms with Crippen LogP contribution in [-0.4, -0.2) is 22.7 Å². The van der Waals surface area contributed by atoms with Crippen LogP contribution in [0.5, 0.6) is 0 Å². The van der Waals surface area contributed by atoms with Crippen LogP contribution in [0.1, 0.15) is 16.6 Å². The summed E-state index contributed by atoms with van der Waals surface area (Å²) in [7, 11) is 0. The van der Waals surface area contributed by atoms with Crippen LogP contribution in [0, 0.1) is 18.9 Å². The Balaban J connectivity index is 1.71. The first-order valence-corrected chi connectivity index (χ1v) is 9.20. The molecule has 0 aliphatic heterocycles. The number of urea groups is 1. The van der Waals surface area contributed by atoms with E-state index in [0.29, 0.717) is 16.5 Å². The van der Waals surface area contributed by atoms with Crippen molar-refractivity contribution >= 4 is 28.9 Å². The van der Waals surface area contributed by atoms with E-state index >= 15 is 0 Å². The molecule has 1 atom stereocenters. The Kier molecular flexibility index (Phi) is 6.03. The smallest absolute Gasteiger partial charge is 0.320 e. The van der Waals surface area contributed by atoms with Gasteiger partial charge >= 0.3 is 6.03 Å². The molecule has 2 amide bonds. The SMILES string of the molecule is [C-]#[N+]c1ccccc1-c1ccc([C@H](CO)NC(=O)Nc2csc(C#C)n2)cc1. The highest BCUT2D eigenvalue weighted by Crippen LogP contribution is 2.30. The molecule has 2 aromatic carbocycles. The second-order valence-corrected chi connectivity index (χ2v) is 6.62. The highest BCUT2D eigenvalue weighted by molar-refractivity contribution is 7.10. The number of aliphatic hydroxyl groups is 1. The highest BCUT2D eigenvalue weighted by atomic mass is 32.1. The third-order valence-corrected chi connectivity index (χ3v) is 4.78. The largest absolute Gasteiger partial charge is 0.394 e. The molecule has 0 bridgehead atoms. The molecule has 0 saturated carbocycles. The van der Waals surface area contributed by atoms with Gasteiger partial charge in [0, 0.05) is 5.38 Å². The number of aromatic nitrogens is 1. The molecule has 6 nitrogen and oxygen atoms in total. The average Bonchev–Trinajstić information content (AvgIpc) is 3.19. The number of anilines is 1. The van der Waals surface area contributed by atoms with Gasteiger partial charge in [-0.1, -0.05) is 48.5 Å². The van der Waals surface area contributed by atoms with Gasteiger partial charge in [-0.15, -0.1) is 17.8 Å². The number of nitrogens with zero attached hydrogens (tertiary/aromatic N) is 2. The van der Waals surface area contributed by atoms with E-state index in [2.05, 4.69) is 26.4 Å². The molecule has 28 heavy (non-hydrogen) atoms. The Morgan fingerprint density at radius 1 is 1.29 bits per heavy atom. The normalized spacial score (nSPS) is 11.1. The first-order chi connectivity index (χ1) is 13.6. The molecule has 0 fully saturated rings. The van der Waals surface area contributed by atoms with Crippen LogP contribution in [-0.2, 0) is 0 Å². The van der Waals surface area contributed by atoms with Crippen molar-refractivity contribution in [2.45, 2.75) is 6.04 Å². The second kappa shape index (κ2) is 8.83. The zero-order valence-corrected chi connectivity index (χ0v) is 15.5. The molecule has 0 radical (unpaired) electrons. The fraction of sp³-hybridized carbons (Fsp3) is 0.0952. The Hall–Kier alpha value is -3.65. The summed E-state index contributed by atoms with van der Waals surface area (Å²) in [5.41, 5.74) is 3.04. The number of thiazole rings is 1. The molecule has 0 aliphatic carbocycles. The number of hydrogen-bond donors (Lipinski definition) is 3. The van der Waals surface area contributed by atoms with Gasteiger partial charge in [-0.3, -0.25) is 5.32 Å². The number of benzene rings is 2. The van der Waals surface area contributed by atoms with Crippen molar-refractivity contribution in [1.82, 2.24) is 10.3 Å². The predicted octanol–water partition coefficient (Wildman–Crippen LogP) is 4.20. The highest BCUT2D eigenvalue weighted by Gasteiger charge is 2.15. The summed E-state index contributed by atoms with van der Waals surface area (Å²) >= 11 is 1.25. The fourth-order valence-electron chi connectivity index (χ4n) is 2.65. The molecule has 138 valence electrons. The van der Waals surface area contributed by atoms with Crippen LogP contribution in [0.4, 0.5) is 16.3 Å². The Bertz CT molecular complexity index is 1060. The van der Waals surface area contributed by atoms with E-state index in [1.165, 1.54) is 11.3 Å². The van der Waals surface area contributed by atoms with Crippen LogP contribution in [0.2, 0.25) is 0 Å². The quantitative estimate of drug-likeness (QED) is 0.453. The van der Waals surface area contributed by atoms with Crippen molar-refractivity contribution in [3.63, 3.8) is 0 Å². The van der Waals surface area contributed by atoms with Gasteiger partial charge in [-0.2, -0.15) is 0 Å². The molecule has 3 rings (SSSR count). The summed E-state index contributed by atoms with van der Waals surface area (Å²) in [6.07, 6.45) is 5.26. The summed E-state index contributed by atoms with van der Waals surface area (Å²) in [6, 6.07) is 13.6. The van der Waals surface area contributed by atoms with E-state index in [9.17, 15) is 9.90 Å². The molecular weight excluding hydrogens is 372 g/mol. The Morgan fingerprint density at radius 2 is 2.04 bits per heavy atom. The van der Waals surface area contributed by atoms with E-state index in [4.69, 9.17) is 13.0 Å². The molecule has 3 N–H and O–H groups in total. The molecule has 0 aliphatic rings. The third kappa shape index (κ3) is 4.36. The minimum absolute atomic E-state index is 0.266. The number of aliphatic hydroxyl groups excluding tert-OH is 1. The van der Waals surface area contributed by atoms with Crippen molar-refractivity contribution < 1.29 is 9.90 Å². The van der Waals surface area contributed by atoms with E-state index in [-0.39, 0.29) is 6.61 Å². The lowest BCUT2D eigenvalue weighted by molar-refractivity contribution is 0.225. The first-order valence-electron chi connectivity index (χ1n) is 8.32. The van der Waals surface area contributed by atoms with Crippen LogP contribution in [0.3, 0.4) is 0 Å². The van der Waals surface area contributed by atoms with Crippen LogP contribution < -0.4 is 10.6 Å². The number of nitrogens with one attached hydrogen (secondary N) is 2. The maximum absolute atomic E-state index is 12.2. The number of carbonyl (C=O) groups excluding carboxylic acids is 1. The maximum atomic E-state index is 12.2. The van der Waals surface area contributed by atoms with Gasteiger partial charge in [-0.05, 0) is 22.6 Å². The van der Waals surface area contributed by atoms with Gasteiger partial charge in [0.05, 0.1) is 19.2 Å². The lowest BCUT2D eigenvalue weighted by Gasteiger charge is -2.17. The van der Waals surface area contributed by atoms with E-state index in [1.807, 2.05) is 42.5 Å². The van der Waals surface area contributed by atoms with Crippen molar-refractivity contribution in [1.29, 1.82) is 0 Å².